The molecule has 0 unspecified atom stereocenters. The van der Waals surface area contributed by atoms with Gasteiger partial charge in [-0.15, -0.1) is 0 Å². The number of methoxy groups -OCH3 is 1. The minimum atomic E-state index is -0.303. The van der Waals surface area contributed by atoms with Crippen LogP contribution in [-0.4, -0.2) is 30.1 Å². The van der Waals surface area contributed by atoms with E-state index in [4.69, 9.17) is 10.00 Å². The Morgan fingerprint density at radius 1 is 1.32 bits per heavy atom. The summed E-state index contributed by atoms with van der Waals surface area (Å²) in [5, 5.41) is 18.8. The Hall–Kier alpha value is -3.00. The summed E-state index contributed by atoms with van der Waals surface area (Å²) in [5.74, 6) is 0.0583. The van der Waals surface area contributed by atoms with Crippen molar-refractivity contribution < 1.29 is 14.6 Å². The van der Waals surface area contributed by atoms with Gasteiger partial charge in [0.25, 0.3) is 5.91 Å². The fourth-order valence-electron chi connectivity index (χ4n) is 2.11. The van der Waals surface area contributed by atoms with Crippen LogP contribution in [0.25, 0.3) is 0 Å². The Kier molecular flexibility index (Phi) is 4.64. The number of ether oxygens (including phenoxy) is 1. The summed E-state index contributed by atoms with van der Waals surface area (Å²) in [4.78, 5) is 13.9. The summed E-state index contributed by atoms with van der Waals surface area (Å²) in [6.07, 6.45) is 0. The quantitative estimate of drug-likeness (QED) is 0.941. The van der Waals surface area contributed by atoms with Crippen LogP contribution < -0.4 is 4.74 Å². The number of nitrogens with zero attached hydrogens (tertiary/aromatic N) is 2. The minimum absolute atomic E-state index is 0.123. The lowest BCUT2D eigenvalue weighted by atomic mass is 10.1. The van der Waals surface area contributed by atoms with Crippen molar-refractivity contribution in [2.75, 3.05) is 14.2 Å². The molecule has 0 aromatic heterocycles. The predicted molar refractivity (Wildman–Crippen MR) is 81.6 cm³/mol. The van der Waals surface area contributed by atoms with Gasteiger partial charge in [-0.3, -0.25) is 4.79 Å². The van der Waals surface area contributed by atoms with Gasteiger partial charge >= 0.3 is 0 Å². The molecule has 0 spiro atoms. The molecule has 0 radical (unpaired) electrons. The molecular weight excluding hydrogens is 280 g/mol. The van der Waals surface area contributed by atoms with Crippen LogP contribution in [0.5, 0.6) is 11.5 Å². The molecule has 0 aliphatic carbocycles. The number of phenolic OH excluding ortho intramolecular Hbond substituents is 1. The zero-order valence-electron chi connectivity index (χ0n) is 12.4. The second-order valence-corrected chi connectivity index (χ2v) is 4.86. The van der Waals surface area contributed by atoms with Gasteiger partial charge < -0.3 is 14.7 Å². The van der Waals surface area contributed by atoms with Crippen molar-refractivity contribution in [1.82, 2.24) is 4.90 Å². The Balaban J connectivity index is 2.17. The van der Waals surface area contributed by atoms with Crippen LogP contribution in [0.1, 0.15) is 21.5 Å². The maximum absolute atomic E-state index is 12.4. The molecule has 0 saturated heterocycles. The van der Waals surface area contributed by atoms with E-state index >= 15 is 0 Å². The van der Waals surface area contributed by atoms with Gasteiger partial charge in [-0.1, -0.05) is 12.1 Å². The number of carbonyl (C=O) groups is 1. The zero-order valence-corrected chi connectivity index (χ0v) is 12.4. The molecule has 2 rings (SSSR count). The Morgan fingerprint density at radius 3 is 2.73 bits per heavy atom. The van der Waals surface area contributed by atoms with Crippen LogP contribution in [0, 0.1) is 11.3 Å². The van der Waals surface area contributed by atoms with Crippen LogP contribution in [-0.2, 0) is 6.54 Å². The van der Waals surface area contributed by atoms with Crippen molar-refractivity contribution in [2.45, 2.75) is 6.54 Å². The first-order valence-corrected chi connectivity index (χ1v) is 6.66. The lowest BCUT2D eigenvalue weighted by Gasteiger charge is -2.18. The first-order chi connectivity index (χ1) is 10.5. The topological polar surface area (TPSA) is 73.6 Å². The summed E-state index contributed by atoms with van der Waals surface area (Å²) in [6.45, 7) is 0.347. The fourth-order valence-corrected chi connectivity index (χ4v) is 2.11. The number of carbonyl (C=O) groups excluding carboxylic acids is 1. The van der Waals surface area contributed by atoms with Gasteiger partial charge in [0.2, 0.25) is 0 Å². The number of hydrogen-bond acceptors (Lipinski definition) is 4. The van der Waals surface area contributed by atoms with E-state index in [1.807, 2.05) is 6.07 Å². The average Bonchev–Trinajstić information content (AvgIpc) is 2.54. The standard InChI is InChI=1S/C17H16N2O3/c1-19(11-13-5-3-4-12(8-13)10-18)17(21)15-7-6-14(22-2)9-16(15)20/h3-9,20H,11H2,1-2H3. The highest BCUT2D eigenvalue weighted by atomic mass is 16.5. The number of benzene rings is 2. The monoisotopic (exact) mass is 296 g/mol. The summed E-state index contributed by atoms with van der Waals surface area (Å²) < 4.78 is 5.00. The van der Waals surface area contributed by atoms with E-state index < -0.39 is 0 Å². The molecular formula is C17H16N2O3. The normalized spacial score (nSPS) is 9.86. The van der Waals surface area contributed by atoms with Crippen molar-refractivity contribution in [2.24, 2.45) is 0 Å². The molecule has 0 bridgehead atoms. The molecule has 0 aliphatic heterocycles. The Labute approximate surface area is 129 Å². The van der Waals surface area contributed by atoms with Gasteiger partial charge in [0.1, 0.15) is 11.5 Å². The van der Waals surface area contributed by atoms with Gasteiger partial charge in [0, 0.05) is 19.7 Å². The van der Waals surface area contributed by atoms with Crippen molar-refractivity contribution in [1.29, 1.82) is 5.26 Å². The third-order valence-electron chi connectivity index (χ3n) is 3.26. The molecule has 2 aromatic carbocycles. The highest BCUT2D eigenvalue weighted by Gasteiger charge is 2.16. The number of nitriles is 1. The van der Waals surface area contributed by atoms with E-state index in [1.165, 1.54) is 24.1 Å². The molecule has 5 nitrogen and oxygen atoms in total. The molecule has 0 atom stereocenters. The number of phenols is 1. The average molecular weight is 296 g/mol. The van der Waals surface area contributed by atoms with Crippen molar-refractivity contribution in [3.05, 3.63) is 59.2 Å². The minimum Gasteiger partial charge on any atom is -0.507 e. The van der Waals surface area contributed by atoms with Gasteiger partial charge in [-0.25, -0.2) is 0 Å². The largest absolute Gasteiger partial charge is 0.507 e. The van der Waals surface area contributed by atoms with E-state index in [2.05, 4.69) is 6.07 Å². The van der Waals surface area contributed by atoms with E-state index in [0.29, 0.717) is 17.9 Å². The highest BCUT2D eigenvalue weighted by molar-refractivity contribution is 5.96. The zero-order chi connectivity index (χ0) is 16.1. The molecule has 22 heavy (non-hydrogen) atoms. The van der Waals surface area contributed by atoms with Gasteiger partial charge in [0.05, 0.1) is 24.3 Å². The summed E-state index contributed by atoms with van der Waals surface area (Å²) in [7, 11) is 3.13. The molecule has 0 saturated carbocycles. The van der Waals surface area contributed by atoms with Crippen LogP contribution in [0.2, 0.25) is 0 Å². The molecule has 5 heteroatoms. The van der Waals surface area contributed by atoms with Gasteiger partial charge in [-0.2, -0.15) is 5.26 Å². The molecule has 2 aromatic rings. The summed E-state index contributed by atoms with van der Waals surface area (Å²) in [5.41, 5.74) is 1.60. The molecule has 0 fully saturated rings. The number of hydrogen-bond donors (Lipinski definition) is 1. The Bertz CT molecular complexity index is 735. The third-order valence-corrected chi connectivity index (χ3v) is 3.26. The second-order valence-electron chi connectivity index (χ2n) is 4.86. The molecule has 1 N–H and O–H groups in total. The summed E-state index contributed by atoms with van der Waals surface area (Å²) in [6, 6.07) is 13.7. The number of aromatic hydroxyl groups is 1. The molecule has 1 amide bonds. The first kappa shape index (κ1) is 15.4. The smallest absolute Gasteiger partial charge is 0.257 e. The molecule has 0 aliphatic rings. The Morgan fingerprint density at radius 2 is 2.09 bits per heavy atom. The van der Waals surface area contributed by atoms with E-state index in [0.717, 1.165) is 5.56 Å². The SMILES string of the molecule is COc1ccc(C(=O)N(C)Cc2cccc(C#N)c2)c(O)c1. The maximum atomic E-state index is 12.4. The van der Waals surface area contributed by atoms with Crippen molar-refractivity contribution in [3.8, 4) is 17.6 Å². The lowest BCUT2D eigenvalue weighted by Crippen LogP contribution is -2.26. The maximum Gasteiger partial charge on any atom is 0.257 e. The number of rotatable bonds is 4. The third kappa shape index (κ3) is 3.36. The molecule has 112 valence electrons. The van der Waals surface area contributed by atoms with Crippen LogP contribution in [0.3, 0.4) is 0 Å². The predicted octanol–water partition coefficient (Wildman–Crippen LogP) is 2.54. The second kappa shape index (κ2) is 6.64. The van der Waals surface area contributed by atoms with Crippen LogP contribution >= 0.6 is 0 Å². The van der Waals surface area contributed by atoms with Gasteiger partial charge in [0.15, 0.2) is 0 Å². The van der Waals surface area contributed by atoms with Crippen molar-refractivity contribution in [3.63, 3.8) is 0 Å². The first-order valence-electron chi connectivity index (χ1n) is 6.66. The van der Waals surface area contributed by atoms with E-state index in [1.54, 1.807) is 31.3 Å². The van der Waals surface area contributed by atoms with E-state index in [9.17, 15) is 9.90 Å². The van der Waals surface area contributed by atoms with Gasteiger partial charge in [-0.05, 0) is 29.8 Å². The fraction of sp³-hybridized carbons (Fsp3) is 0.176. The molecule has 0 heterocycles. The summed E-state index contributed by atoms with van der Waals surface area (Å²) >= 11 is 0. The lowest BCUT2D eigenvalue weighted by molar-refractivity contribution is 0.0782. The van der Waals surface area contributed by atoms with Crippen LogP contribution in [0.15, 0.2) is 42.5 Å². The van der Waals surface area contributed by atoms with Crippen molar-refractivity contribution >= 4 is 5.91 Å². The highest BCUT2D eigenvalue weighted by Crippen LogP contribution is 2.24. The number of amides is 1. The van der Waals surface area contributed by atoms with Crippen LogP contribution in [0.4, 0.5) is 0 Å². The van der Waals surface area contributed by atoms with E-state index in [-0.39, 0.29) is 17.2 Å².